The zero-order chi connectivity index (χ0) is 11.3. The molecule has 1 aliphatic heterocycles. The Morgan fingerprint density at radius 2 is 2.00 bits per heavy atom. The van der Waals surface area contributed by atoms with Crippen LogP contribution in [0, 0.1) is 11.8 Å². The second-order valence-electron chi connectivity index (χ2n) is 4.78. The molecule has 15 heavy (non-hydrogen) atoms. The van der Waals surface area contributed by atoms with Crippen LogP contribution >= 0.6 is 0 Å². The Balaban J connectivity index is 2.16. The van der Waals surface area contributed by atoms with E-state index in [4.69, 9.17) is 0 Å². The van der Waals surface area contributed by atoms with Gasteiger partial charge in [0.15, 0.2) is 0 Å². The van der Waals surface area contributed by atoms with E-state index in [2.05, 4.69) is 17.1 Å². The van der Waals surface area contributed by atoms with E-state index in [1.807, 2.05) is 13.8 Å². The predicted octanol–water partition coefficient (Wildman–Crippen LogP) is 1.49. The number of amides is 1. The summed E-state index contributed by atoms with van der Waals surface area (Å²) in [4.78, 5) is 13.9. The zero-order valence-electron chi connectivity index (χ0n) is 10.3. The van der Waals surface area contributed by atoms with E-state index in [9.17, 15) is 4.79 Å². The maximum atomic E-state index is 11.4. The van der Waals surface area contributed by atoms with Crippen molar-refractivity contribution in [2.75, 3.05) is 26.2 Å². The summed E-state index contributed by atoms with van der Waals surface area (Å²) in [7, 11) is 0. The Bertz CT molecular complexity index is 196. The van der Waals surface area contributed by atoms with Gasteiger partial charge >= 0.3 is 0 Å². The second kappa shape index (κ2) is 6.11. The summed E-state index contributed by atoms with van der Waals surface area (Å²) < 4.78 is 0. The van der Waals surface area contributed by atoms with Crippen LogP contribution < -0.4 is 5.32 Å². The van der Waals surface area contributed by atoms with E-state index in [1.165, 1.54) is 25.9 Å². The van der Waals surface area contributed by atoms with E-state index < -0.39 is 0 Å². The molecule has 3 heteroatoms. The van der Waals surface area contributed by atoms with Crippen LogP contribution in [0.5, 0.6) is 0 Å². The molecule has 1 fully saturated rings. The van der Waals surface area contributed by atoms with E-state index in [1.54, 1.807) is 0 Å². The van der Waals surface area contributed by atoms with Crippen molar-refractivity contribution in [2.45, 2.75) is 33.6 Å². The number of nitrogens with zero attached hydrogens (tertiary/aromatic N) is 1. The van der Waals surface area contributed by atoms with E-state index in [-0.39, 0.29) is 11.8 Å². The van der Waals surface area contributed by atoms with Crippen LogP contribution in [-0.2, 0) is 4.79 Å². The largest absolute Gasteiger partial charge is 0.356 e. The molecule has 0 spiro atoms. The molecule has 1 aliphatic rings. The van der Waals surface area contributed by atoms with Crippen molar-refractivity contribution < 1.29 is 4.79 Å². The zero-order valence-corrected chi connectivity index (χ0v) is 10.3. The van der Waals surface area contributed by atoms with Crippen LogP contribution in [0.1, 0.15) is 33.6 Å². The van der Waals surface area contributed by atoms with Crippen LogP contribution in [0.4, 0.5) is 0 Å². The quantitative estimate of drug-likeness (QED) is 0.766. The number of rotatable bonds is 4. The molecular formula is C12H24N2O. The molecule has 0 radical (unpaired) electrons. The van der Waals surface area contributed by atoms with Crippen molar-refractivity contribution >= 4 is 5.91 Å². The minimum absolute atomic E-state index is 0.112. The number of carbonyl (C=O) groups excluding carboxylic acids is 1. The maximum absolute atomic E-state index is 11.4. The monoisotopic (exact) mass is 212 g/mol. The summed E-state index contributed by atoms with van der Waals surface area (Å²) in [5, 5.41) is 3.03. The van der Waals surface area contributed by atoms with Gasteiger partial charge in [0.25, 0.3) is 0 Å². The molecular weight excluding hydrogens is 188 g/mol. The minimum Gasteiger partial charge on any atom is -0.356 e. The SMILES string of the molecule is CCN1CCC(CNC(=O)C(C)C)CC1. The minimum atomic E-state index is 0.112. The van der Waals surface area contributed by atoms with Crippen LogP contribution in [-0.4, -0.2) is 37.0 Å². The topological polar surface area (TPSA) is 32.3 Å². The summed E-state index contributed by atoms with van der Waals surface area (Å²) >= 11 is 0. The van der Waals surface area contributed by atoms with Gasteiger partial charge in [0.2, 0.25) is 5.91 Å². The summed E-state index contributed by atoms with van der Waals surface area (Å²) in [5.74, 6) is 0.990. The van der Waals surface area contributed by atoms with E-state index in [0.717, 1.165) is 13.1 Å². The molecule has 0 atom stereocenters. The highest BCUT2D eigenvalue weighted by Crippen LogP contribution is 2.15. The summed E-state index contributed by atoms with van der Waals surface area (Å²) in [6.45, 7) is 10.5. The standard InChI is InChI=1S/C12H24N2O/c1-4-14-7-5-11(6-8-14)9-13-12(15)10(2)3/h10-11H,4-9H2,1-3H3,(H,13,15). The number of likely N-dealkylation sites (tertiary alicyclic amines) is 1. The van der Waals surface area contributed by atoms with Gasteiger partial charge in [-0.1, -0.05) is 20.8 Å². The Morgan fingerprint density at radius 1 is 1.40 bits per heavy atom. The van der Waals surface area contributed by atoms with Crippen LogP contribution in [0.3, 0.4) is 0 Å². The van der Waals surface area contributed by atoms with Gasteiger partial charge in [0.05, 0.1) is 0 Å². The Morgan fingerprint density at radius 3 is 2.47 bits per heavy atom. The summed E-state index contributed by atoms with van der Waals surface area (Å²) in [5.41, 5.74) is 0. The maximum Gasteiger partial charge on any atom is 0.222 e. The lowest BCUT2D eigenvalue weighted by Gasteiger charge is -2.31. The molecule has 0 saturated carbocycles. The van der Waals surface area contributed by atoms with Crippen molar-refractivity contribution in [3.05, 3.63) is 0 Å². The average molecular weight is 212 g/mol. The van der Waals surface area contributed by atoms with Crippen molar-refractivity contribution in [3.8, 4) is 0 Å². The van der Waals surface area contributed by atoms with Crippen LogP contribution in [0.2, 0.25) is 0 Å². The molecule has 0 unspecified atom stereocenters. The highest BCUT2D eigenvalue weighted by atomic mass is 16.1. The lowest BCUT2D eigenvalue weighted by Crippen LogP contribution is -2.39. The lowest BCUT2D eigenvalue weighted by atomic mass is 9.96. The first-order valence-corrected chi connectivity index (χ1v) is 6.13. The number of piperidine rings is 1. The summed E-state index contributed by atoms with van der Waals surface area (Å²) in [6.07, 6.45) is 2.46. The second-order valence-corrected chi connectivity index (χ2v) is 4.78. The van der Waals surface area contributed by atoms with Crippen molar-refractivity contribution in [3.63, 3.8) is 0 Å². The molecule has 0 bridgehead atoms. The number of hydrogen-bond acceptors (Lipinski definition) is 2. The molecule has 1 heterocycles. The first kappa shape index (κ1) is 12.5. The summed E-state index contributed by atoms with van der Waals surface area (Å²) in [6, 6.07) is 0. The van der Waals surface area contributed by atoms with Gasteiger partial charge in [-0.3, -0.25) is 4.79 Å². The lowest BCUT2D eigenvalue weighted by molar-refractivity contribution is -0.124. The highest BCUT2D eigenvalue weighted by molar-refractivity contribution is 5.77. The fourth-order valence-corrected chi connectivity index (χ4v) is 1.96. The van der Waals surface area contributed by atoms with E-state index in [0.29, 0.717) is 5.92 Å². The molecule has 1 amide bonds. The molecule has 88 valence electrons. The molecule has 0 aromatic heterocycles. The highest BCUT2D eigenvalue weighted by Gasteiger charge is 2.18. The smallest absolute Gasteiger partial charge is 0.222 e. The van der Waals surface area contributed by atoms with Gasteiger partial charge < -0.3 is 10.2 Å². The van der Waals surface area contributed by atoms with Gasteiger partial charge in [-0.05, 0) is 38.4 Å². The molecule has 0 aromatic rings. The Labute approximate surface area is 93.2 Å². The third kappa shape index (κ3) is 4.20. The number of carbonyl (C=O) groups is 1. The first-order valence-electron chi connectivity index (χ1n) is 6.13. The van der Waals surface area contributed by atoms with Crippen LogP contribution in [0.25, 0.3) is 0 Å². The van der Waals surface area contributed by atoms with E-state index >= 15 is 0 Å². The van der Waals surface area contributed by atoms with Crippen LogP contribution in [0.15, 0.2) is 0 Å². The van der Waals surface area contributed by atoms with Gasteiger partial charge in [0.1, 0.15) is 0 Å². The van der Waals surface area contributed by atoms with Gasteiger partial charge in [-0.15, -0.1) is 0 Å². The van der Waals surface area contributed by atoms with Gasteiger partial charge in [0, 0.05) is 12.5 Å². The normalized spacial score (nSPS) is 19.5. The fraction of sp³-hybridized carbons (Fsp3) is 0.917. The van der Waals surface area contributed by atoms with Gasteiger partial charge in [-0.25, -0.2) is 0 Å². The number of nitrogens with one attached hydrogen (secondary N) is 1. The van der Waals surface area contributed by atoms with Gasteiger partial charge in [-0.2, -0.15) is 0 Å². The molecule has 1 saturated heterocycles. The number of hydrogen-bond donors (Lipinski definition) is 1. The van der Waals surface area contributed by atoms with Crippen molar-refractivity contribution in [1.82, 2.24) is 10.2 Å². The molecule has 3 nitrogen and oxygen atoms in total. The fourth-order valence-electron chi connectivity index (χ4n) is 1.96. The Kier molecular flexibility index (Phi) is 5.09. The molecule has 0 aromatic carbocycles. The third-order valence-electron chi connectivity index (χ3n) is 3.24. The molecule has 1 N–H and O–H groups in total. The van der Waals surface area contributed by atoms with Crippen molar-refractivity contribution in [2.24, 2.45) is 11.8 Å². The van der Waals surface area contributed by atoms with Crippen molar-refractivity contribution in [1.29, 1.82) is 0 Å². The molecule has 1 rings (SSSR count). The third-order valence-corrected chi connectivity index (χ3v) is 3.24. The first-order chi connectivity index (χ1) is 7.13. The average Bonchev–Trinajstić information content (AvgIpc) is 2.26. The Hall–Kier alpha value is -0.570. The molecule has 0 aliphatic carbocycles. The predicted molar refractivity (Wildman–Crippen MR) is 62.7 cm³/mol.